The van der Waals surface area contributed by atoms with Crippen LogP contribution in [-0.4, -0.2) is 26.5 Å². The molecule has 0 amide bonds. The maximum atomic E-state index is 14.5. The van der Waals surface area contributed by atoms with Crippen LogP contribution in [-0.2, 0) is 16.6 Å². The molecule has 1 N–H and O–H groups in total. The van der Waals surface area contributed by atoms with Crippen molar-refractivity contribution >= 4 is 10.0 Å². The average Bonchev–Trinajstić information content (AvgIpc) is 3.01. The van der Waals surface area contributed by atoms with Gasteiger partial charge in [0.25, 0.3) is 10.0 Å². The molecule has 0 bridgehead atoms. The predicted octanol–water partition coefficient (Wildman–Crippen LogP) is 3.54. The molecular formula is C19H17F3N2O3S. The zero-order valence-corrected chi connectivity index (χ0v) is 15.9. The van der Waals surface area contributed by atoms with Crippen LogP contribution < -0.4 is 10.1 Å². The number of halogens is 3. The van der Waals surface area contributed by atoms with Crippen molar-refractivity contribution < 1.29 is 26.3 Å². The summed E-state index contributed by atoms with van der Waals surface area (Å²) in [7, 11) is -1.47. The Balaban J connectivity index is 2.39. The van der Waals surface area contributed by atoms with Crippen molar-refractivity contribution in [1.29, 1.82) is 0 Å². The highest BCUT2D eigenvalue weighted by atomic mass is 32.2. The second-order valence-corrected chi connectivity index (χ2v) is 7.74. The quantitative estimate of drug-likeness (QED) is 0.675. The van der Waals surface area contributed by atoms with Crippen LogP contribution in [0.1, 0.15) is 5.56 Å². The van der Waals surface area contributed by atoms with E-state index in [2.05, 4.69) is 5.32 Å². The van der Waals surface area contributed by atoms with Crippen LogP contribution in [0.2, 0.25) is 0 Å². The fourth-order valence-electron chi connectivity index (χ4n) is 2.94. The number of ether oxygens (including phenoxy) is 1. The number of nitrogens with zero attached hydrogens (tertiary/aromatic N) is 1. The average molecular weight is 410 g/mol. The summed E-state index contributed by atoms with van der Waals surface area (Å²) in [5, 5.41) is 2.84. The molecule has 0 radical (unpaired) electrons. The maximum Gasteiger partial charge on any atom is 0.268 e. The third-order valence-electron chi connectivity index (χ3n) is 4.12. The molecule has 0 saturated heterocycles. The molecular weight excluding hydrogens is 393 g/mol. The third-order valence-corrected chi connectivity index (χ3v) is 5.78. The van der Waals surface area contributed by atoms with E-state index in [4.69, 9.17) is 4.74 Å². The first-order valence-corrected chi connectivity index (χ1v) is 9.63. The molecule has 1 heterocycles. The molecule has 0 atom stereocenters. The van der Waals surface area contributed by atoms with Gasteiger partial charge in [0.2, 0.25) is 0 Å². The third kappa shape index (κ3) is 3.38. The molecule has 9 heteroatoms. The number of aromatic nitrogens is 1. The monoisotopic (exact) mass is 410 g/mol. The van der Waals surface area contributed by atoms with E-state index in [-0.39, 0.29) is 22.9 Å². The van der Waals surface area contributed by atoms with Crippen LogP contribution in [0, 0.1) is 17.5 Å². The van der Waals surface area contributed by atoms with Crippen molar-refractivity contribution in [2.45, 2.75) is 11.4 Å². The molecule has 0 fully saturated rings. The summed E-state index contributed by atoms with van der Waals surface area (Å²) in [6.45, 7) is 0.178. The second kappa shape index (κ2) is 7.69. The number of hydrogen-bond donors (Lipinski definition) is 1. The van der Waals surface area contributed by atoms with Gasteiger partial charge >= 0.3 is 0 Å². The van der Waals surface area contributed by atoms with Gasteiger partial charge in [-0.3, -0.25) is 0 Å². The Kier molecular flexibility index (Phi) is 5.48. The van der Waals surface area contributed by atoms with Crippen molar-refractivity contribution in [1.82, 2.24) is 9.29 Å². The lowest BCUT2D eigenvalue weighted by atomic mass is 10.1. The fourth-order valence-corrected chi connectivity index (χ4v) is 4.36. The molecule has 0 spiro atoms. The SMILES string of the molecule is CNCc1cn(S(=O)(=O)c2cccc(F)c2)c(-c2c(F)cccc2F)c1OC. The van der Waals surface area contributed by atoms with Crippen LogP contribution in [0.4, 0.5) is 13.2 Å². The topological polar surface area (TPSA) is 60.3 Å². The number of hydrogen-bond acceptors (Lipinski definition) is 4. The standard InChI is InChI=1S/C19H17F3N2O3S/c1-23-10-12-11-24(28(25,26)14-6-3-5-13(20)9-14)18(19(12)27-2)17-15(21)7-4-8-16(17)22/h3-9,11,23H,10H2,1-2H3. The molecule has 0 unspecified atom stereocenters. The van der Waals surface area contributed by atoms with E-state index in [1.807, 2.05) is 0 Å². The summed E-state index contributed by atoms with van der Waals surface area (Å²) in [5.74, 6) is -2.67. The van der Waals surface area contributed by atoms with Crippen molar-refractivity contribution in [2.24, 2.45) is 0 Å². The first-order valence-electron chi connectivity index (χ1n) is 8.19. The molecule has 148 valence electrons. The van der Waals surface area contributed by atoms with Gasteiger partial charge in [-0.2, -0.15) is 0 Å². The van der Waals surface area contributed by atoms with Gasteiger partial charge in [0.05, 0.1) is 17.6 Å². The van der Waals surface area contributed by atoms with Gasteiger partial charge < -0.3 is 10.1 Å². The highest BCUT2D eigenvalue weighted by Crippen LogP contribution is 2.40. The summed E-state index contributed by atoms with van der Waals surface area (Å²) < 4.78 is 75.0. The van der Waals surface area contributed by atoms with Crippen LogP contribution in [0.15, 0.2) is 53.6 Å². The summed E-state index contributed by atoms with van der Waals surface area (Å²) in [4.78, 5) is -0.362. The molecule has 5 nitrogen and oxygen atoms in total. The minimum absolute atomic E-state index is 0.00155. The van der Waals surface area contributed by atoms with E-state index >= 15 is 0 Å². The van der Waals surface area contributed by atoms with Gasteiger partial charge in [-0.1, -0.05) is 12.1 Å². The lowest BCUT2D eigenvalue weighted by Crippen LogP contribution is -2.14. The van der Waals surface area contributed by atoms with Crippen molar-refractivity contribution in [3.63, 3.8) is 0 Å². The van der Waals surface area contributed by atoms with E-state index in [1.165, 1.54) is 31.5 Å². The van der Waals surface area contributed by atoms with Crippen molar-refractivity contribution in [2.75, 3.05) is 14.2 Å². The Morgan fingerprint density at radius 2 is 1.71 bits per heavy atom. The minimum atomic E-state index is -4.37. The first kappa shape index (κ1) is 20.0. The Bertz CT molecular complexity index is 1110. The van der Waals surface area contributed by atoms with Gasteiger partial charge in [0.15, 0.2) is 0 Å². The highest BCUT2D eigenvalue weighted by molar-refractivity contribution is 7.90. The maximum absolute atomic E-state index is 14.5. The molecule has 3 aromatic rings. The molecule has 0 aliphatic rings. The van der Waals surface area contributed by atoms with Crippen LogP contribution in [0.5, 0.6) is 5.75 Å². The summed E-state index contributed by atoms with van der Waals surface area (Å²) in [6.07, 6.45) is 1.21. The number of rotatable bonds is 6. The van der Waals surface area contributed by atoms with Gasteiger partial charge in [0.1, 0.15) is 28.9 Å². The van der Waals surface area contributed by atoms with Crippen LogP contribution in [0.3, 0.4) is 0 Å². The largest absolute Gasteiger partial charge is 0.494 e. The highest BCUT2D eigenvalue weighted by Gasteiger charge is 2.30. The van der Waals surface area contributed by atoms with Gasteiger partial charge in [0, 0.05) is 18.3 Å². The Hall–Kier alpha value is -2.78. The zero-order chi connectivity index (χ0) is 20.5. The van der Waals surface area contributed by atoms with Crippen LogP contribution in [0.25, 0.3) is 11.3 Å². The van der Waals surface area contributed by atoms with Crippen molar-refractivity contribution in [3.8, 4) is 17.0 Å². The number of nitrogens with one attached hydrogen (secondary N) is 1. The van der Waals surface area contributed by atoms with E-state index in [9.17, 15) is 21.6 Å². The number of benzene rings is 2. The van der Waals surface area contributed by atoms with Crippen LogP contribution >= 0.6 is 0 Å². The second-order valence-electron chi connectivity index (χ2n) is 5.92. The smallest absolute Gasteiger partial charge is 0.268 e. The van der Waals surface area contributed by atoms with Gasteiger partial charge in [-0.05, 0) is 37.4 Å². The molecule has 0 saturated carbocycles. The summed E-state index contributed by atoms with van der Waals surface area (Å²) in [6, 6.07) is 7.57. The van der Waals surface area contributed by atoms with Gasteiger partial charge in [-0.25, -0.2) is 25.6 Å². The van der Waals surface area contributed by atoms with E-state index in [1.54, 1.807) is 7.05 Å². The fraction of sp³-hybridized carbons (Fsp3) is 0.158. The first-order chi connectivity index (χ1) is 13.3. The molecule has 0 aliphatic carbocycles. The van der Waals surface area contributed by atoms with E-state index < -0.39 is 33.0 Å². The summed E-state index contributed by atoms with van der Waals surface area (Å²) >= 11 is 0. The lowest BCUT2D eigenvalue weighted by Gasteiger charge is -2.13. The normalized spacial score (nSPS) is 11.6. The Labute approximate surface area is 160 Å². The Morgan fingerprint density at radius 3 is 2.29 bits per heavy atom. The molecule has 28 heavy (non-hydrogen) atoms. The van der Waals surface area contributed by atoms with Gasteiger partial charge in [-0.15, -0.1) is 0 Å². The Morgan fingerprint density at radius 1 is 1.07 bits per heavy atom. The van der Waals surface area contributed by atoms with E-state index in [0.717, 1.165) is 28.2 Å². The molecule has 3 rings (SSSR count). The minimum Gasteiger partial charge on any atom is -0.494 e. The zero-order valence-electron chi connectivity index (χ0n) is 15.0. The summed E-state index contributed by atoms with van der Waals surface area (Å²) in [5.41, 5.74) is -0.503. The molecule has 0 aliphatic heterocycles. The molecule has 2 aromatic carbocycles. The lowest BCUT2D eigenvalue weighted by molar-refractivity contribution is 0.410. The number of methoxy groups -OCH3 is 1. The van der Waals surface area contributed by atoms with E-state index in [0.29, 0.717) is 5.56 Å². The molecule has 1 aromatic heterocycles. The predicted molar refractivity (Wildman–Crippen MR) is 98.1 cm³/mol. The van der Waals surface area contributed by atoms with Crippen molar-refractivity contribution in [3.05, 3.63) is 71.7 Å².